The van der Waals surface area contributed by atoms with Gasteiger partial charge >= 0.3 is 0 Å². The molecule has 0 aliphatic heterocycles. The zero-order valence-corrected chi connectivity index (χ0v) is 19.3. The lowest BCUT2D eigenvalue weighted by molar-refractivity contribution is 0.0698. The Balaban J connectivity index is 1.81. The van der Waals surface area contributed by atoms with E-state index >= 15 is 0 Å². The smallest absolute Gasteiger partial charge is 0.256 e. The maximum atomic E-state index is 14.3. The van der Waals surface area contributed by atoms with Crippen LogP contribution < -0.4 is 21.7 Å². The van der Waals surface area contributed by atoms with Crippen molar-refractivity contribution in [2.45, 2.75) is 76.7 Å². The monoisotopic (exact) mass is 445 g/mol. The summed E-state index contributed by atoms with van der Waals surface area (Å²) in [6, 6.07) is 6.90. The second kappa shape index (κ2) is 11.5. The van der Waals surface area contributed by atoms with Gasteiger partial charge in [-0.3, -0.25) is 4.79 Å². The van der Waals surface area contributed by atoms with Crippen LogP contribution in [0.15, 0.2) is 24.3 Å². The third kappa shape index (κ3) is 6.15. The molecule has 0 spiro atoms. The molecule has 2 aromatic rings. The maximum absolute atomic E-state index is 14.3. The van der Waals surface area contributed by atoms with E-state index in [1.807, 2.05) is 0 Å². The first-order chi connectivity index (χ1) is 15.4. The molecule has 8 heteroatoms. The van der Waals surface area contributed by atoms with Gasteiger partial charge in [0.1, 0.15) is 11.6 Å². The van der Waals surface area contributed by atoms with Crippen molar-refractivity contribution in [2.75, 3.05) is 19.0 Å². The lowest BCUT2D eigenvalue weighted by atomic mass is 9.94. The highest BCUT2D eigenvalue weighted by atomic mass is 19.1. The van der Waals surface area contributed by atoms with E-state index in [2.05, 4.69) is 27.9 Å². The first-order valence-corrected chi connectivity index (χ1v) is 11.6. The average Bonchev–Trinajstić information content (AvgIpc) is 2.78. The Labute approximate surface area is 189 Å². The van der Waals surface area contributed by atoms with Gasteiger partial charge in [0.2, 0.25) is 0 Å². The van der Waals surface area contributed by atoms with Crippen molar-refractivity contribution in [2.24, 2.45) is 5.73 Å². The van der Waals surface area contributed by atoms with Crippen molar-refractivity contribution >= 4 is 22.6 Å². The summed E-state index contributed by atoms with van der Waals surface area (Å²) in [6.07, 6.45) is 6.49. The second-order valence-corrected chi connectivity index (χ2v) is 8.62. The summed E-state index contributed by atoms with van der Waals surface area (Å²) in [6.45, 7) is 4.27. The van der Waals surface area contributed by atoms with E-state index in [4.69, 9.17) is 10.5 Å². The summed E-state index contributed by atoms with van der Waals surface area (Å²) >= 11 is 0. The number of ether oxygens (including phenoxy) is 1. The summed E-state index contributed by atoms with van der Waals surface area (Å²) in [5.74, 6) is -0.439. The Morgan fingerprint density at radius 1 is 1.31 bits per heavy atom. The molecule has 0 radical (unpaired) electrons. The lowest BCUT2D eigenvalue weighted by Crippen LogP contribution is -2.49. The topological polar surface area (TPSA) is 101 Å². The van der Waals surface area contributed by atoms with Gasteiger partial charge < -0.3 is 26.4 Å². The van der Waals surface area contributed by atoms with E-state index in [-0.39, 0.29) is 17.7 Å². The highest BCUT2D eigenvalue weighted by molar-refractivity contribution is 6.02. The number of amides is 1. The van der Waals surface area contributed by atoms with Crippen LogP contribution in [0, 0.1) is 5.82 Å². The molecule has 176 valence electrons. The highest BCUT2D eigenvalue weighted by Gasteiger charge is 2.25. The molecule has 1 fully saturated rings. The van der Waals surface area contributed by atoms with Crippen LogP contribution in [-0.4, -0.2) is 48.9 Å². The van der Waals surface area contributed by atoms with Gasteiger partial charge in [0.25, 0.3) is 5.91 Å². The van der Waals surface area contributed by atoms with Crippen LogP contribution in [0.1, 0.15) is 62.7 Å². The summed E-state index contributed by atoms with van der Waals surface area (Å²) < 4.78 is 20.1. The van der Waals surface area contributed by atoms with Gasteiger partial charge in [-0.15, -0.1) is 0 Å². The maximum Gasteiger partial charge on any atom is 0.256 e. The van der Waals surface area contributed by atoms with Crippen LogP contribution in [0.4, 0.5) is 10.2 Å². The molecule has 1 aliphatic rings. The fourth-order valence-electron chi connectivity index (χ4n) is 4.40. The Bertz CT molecular complexity index is 901. The number of hydrogen-bond donors (Lipinski definition) is 4. The normalized spacial score (nSPS) is 17.7. The number of carbonyl (C=O) groups is 1. The number of anilines is 1. The number of halogens is 1. The van der Waals surface area contributed by atoms with Gasteiger partial charge in [-0.05, 0) is 44.4 Å². The van der Waals surface area contributed by atoms with Crippen molar-refractivity contribution < 1.29 is 13.9 Å². The second-order valence-electron chi connectivity index (χ2n) is 8.62. The number of benzene rings is 1. The molecule has 32 heavy (non-hydrogen) atoms. The largest absolute Gasteiger partial charge is 0.378 e. The standard InChI is InChI=1S/C24H36FN5O2/c1-4-20(29-16-9-6-5-7-10-16)22(32-3)14-27-23-18(24(31)28-15(2)26)13-17-19(25)11-8-12-21(17)30-23/h8,11-13,15-16,20,22,29H,4-7,9-10,14,26H2,1-3H3,(H,27,30)(H,28,31)/t15?,20-,22+/m1/s1. The third-order valence-corrected chi connectivity index (χ3v) is 6.13. The zero-order chi connectivity index (χ0) is 23.1. The number of fused-ring (bicyclic) bond motifs is 1. The molecule has 1 aromatic carbocycles. The number of hydrogen-bond acceptors (Lipinski definition) is 6. The van der Waals surface area contributed by atoms with Crippen molar-refractivity contribution in [3.63, 3.8) is 0 Å². The Hall–Kier alpha value is -2.29. The van der Waals surface area contributed by atoms with Gasteiger partial charge in [0.15, 0.2) is 0 Å². The van der Waals surface area contributed by atoms with Gasteiger partial charge in [-0.2, -0.15) is 0 Å². The van der Waals surface area contributed by atoms with Gasteiger partial charge in [-0.1, -0.05) is 32.3 Å². The summed E-state index contributed by atoms with van der Waals surface area (Å²) in [5.41, 5.74) is 6.47. The minimum atomic E-state index is -0.539. The molecule has 1 aromatic heterocycles. The van der Waals surface area contributed by atoms with Gasteiger partial charge in [-0.25, -0.2) is 9.37 Å². The van der Waals surface area contributed by atoms with Crippen LogP contribution in [-0.2, 0) is 4.74 Å². The van der Waals surface area contributed by atoms with Gasteiger partial charge in [0.05, 0.1) is 23.3 Å². The van der Waals surface area contributed by atoms with Crippen LogP contribution in [0.5, 0.6) is 0 Å². The third-order valence-electron chi connectivity index (χ3n) is 6.13. The van der Waals surface area contributed by atoms with Crippen LogP contribution >= 0.6 is 0 Å². The van der Waals surface area contributed by atoms with Crippen LogP contribution in [0.2, 0.25) is 0 Å². The van der Waals surface area contributed by atoms with E-state index < -0.39 is 17.9 Å². The van der Waals surface area contributed by atoms with E-state index in [1.54, 1.807) is 26.2 Å². The molecule has 1 unspecified atom stereocenters. The molecular formula is C24H36FN5O2. The number of nitrogens with one attached hydrogen (secondary N) is 3. The molecular weight excluding hydrogens is 409 g/mol. The predicted molar refractivity (Wildman–Crippen MR) is 126 cm³/mol. The number of carbonyl (C=O) groups excluding carboxylic acids is 1. The first-order valence-electron chi connectivity index (χ1n) is 11.6. The SMILES string of the molecule is CC[C@@H](NC1CCCCC1)[C@H](CNc1nc2cccc(F)c2cc1C(=O)NC(C)N)OC. The summed E-state index contributed by atoms with van der Waals surface area (Å²) in [5, 5.41) is 10.0. The number of nitrogens with zero attached hydrogens (tertiary/aromatic N) is 1. The van der Waals surface area contributed by atoms with Crippen LogP contribution in [0.25, 0.3) is 10.9 Å². The fraction of sp³-hybridized carbons (Fsp3) is 0.583. The molecule has 5 N–H and O–H groups in total. The number of rotatable bonds is 10. The molecule has 3 atom stereocenters. The number of nitrogens with two attached hydrogens (primary N) is 1. The molecule has 3 rings (SSSR count). The Morgan fingerprint density at radius 2 is 2.06 bits per heavy atom. The van der Waals surface area contributed by atoms with E-state index in [0.717, 1.165) is 6.42 Å². The minimum absolute atomic E-state index is 0.115. The van der Waals surface area contributed by atoms with E-state index in [9.17, 15) is 9.18 Å². The predicted octanol–water partition coefficient (Wildman–Crippen LogP) is 3.54. The van der Waals surface area contributed by atoms with Crippen molar-refractivity contribution in [3.8, 4) is 0 Å². The van der Waals surface area contributed by atoms with Gasteiger partial charge in [0, 0.05) is 31.1 Å². The van der Waals surface area contributed by atoms with Crippen molar-refractivity contribution in [1.29, 1.82) is 0 Å². The Kier molecular flexibility index (Phi) is 8.78. The number of methoxy groups -OCH3 is 1. The molecule has 1 heterocycles. The molecule has 0 bridgehead atoms. The molecule has 7 nitrogen and oxygen atoms in total. The molecule has 1 amide bonds. The number of pyridine rings is 1. The van der Waals surface area contributed by atoms with Crippen molar-refractivity contribution in [1.82, 2.24) is 15.6 Å². The quantitative estimate of drug-likeness (QED) is 0.418. The zero-order valence-electron chi connectivity index (χ0n) is 19.3. The Morgan fingerprint density at radius 3 is 2.72 bits per heavy atom. The minimum Gasteiger partial charge on any atom is -0.378 e. The molecule has 1 aliphatic carbocycles. The molecule has 0 saturated heterocycles. The highest BCUT2D eigenvalue weighted by Crippen LogP contribution is 2.24. The van der Waals surface area contributed by atoms with Crippen molar-refractivity contribution in [3.05, 3.63) is 35.6 Å². The summed E-state index contributed by atoms with van der Waals surface area (Å²) in [4.78, 5) is 17.3. The molecule has 1 saturated carbocycles. The average molecular weight is 446 g/mol. The van der Waals surface area contributed by atoms with Crippen LogP contribution in [0.3, 0.4) is 0 Å². The summed E-state index contributed by atoms with van der Waals surface area (Å²) in [7, 11) is 1.70. The lowest BCUT2D eigenvalue weighted by Gasteiger charge is -2.32. The first kappa shape index (κ1) is 24.4. The number of aromatic nitrogens is 1. The van der Waals surface area contributed by atoms with E-state index in [1.165, 1.54) is 44.2 Å². The van der Waals surface area contributed by atoms with E-state index in [0.29, 0.717) is 29.3 Å². The fourth-order valence-corrected chi connectivity index (χ4v) is 4.40.